The summed E-state index contributed by atoms with van der Waals surface area (Å²) in [6.07, 6.45) is 3.26. The van der Waals surface area contributed by atoms with Gasteiger partial charge in [-0.2, -0.15) is 4.98 Å². The average molecular weight is 318 g/mol. The van der Waals surface area contributed by atoms with Gasteiger partial charge in [-0.3, -0.25) is 4.79 Å². The molecular formula is C16H16ClN3O2. The molecule has 1 amide bonds. The molecule has 2 heterocycles. The van der Waals surface area contributed by atoms with E-state index in [1.54, 1.807) is 0 Å². The van der Waals surface area contributed by atoms with Crippen LogP contribution in [0, 0.1) is 5.92 Å². The van der Waals surface area contributed by atoms with Gasteiger partial charge in [0.05, 0.1) is 5.92 Å². The Morgan fingerprint density at radius 3 is 2.82 bits per heavy atom. The van der Waals surface area contributed by atoms with E-state index in [0.29, 0.717) is 29.8 Å². The van der Waals surface area contributed by atoms with Crippen molar-refractivity contribution < 1.29 is 9.32 Å². The summed E-state index contributed by atoms with van der Waals surface area (Å²) in [4.78, 5) is 18.4. The van der Waals surface area contributed by atoms with Crippen molar-refractivity contribution in [3.8, 4) is 11.4 Å². The third kappa shape index (κ3) is 2.39. The van der Waals surface area contributed by atoms with Crippen LogP contribution in [0.3, 0.4) is 0 Å². The minimum absolute atomic E-state index is 0.157. The Bertz CT molecular complexity index is 705. The molecule has 0 unspecified atom stereocenters. The minimum atomic E-state index is 0.157. The molecule has 0 bridgehead atoms. The Morgan fingerprint density at radius 2 is 2.14 bits per heavy atom. The molecule has 1 aliphatic heterocycles. The van der Waals surface area contributed by atoms with Crippen LogP contribution in [0.4, 0.5) is 0 Å². The topological polar surface area (TPSA) is 59.2 Å². The summed E-state index contributed by atoms with van der Waals surface area (Å²) in [7, 11) is 0. The zero-order chi connectivity index (χ0) is 15.1. The average Bonchev–Trinajstić information content (AvgIpc) is 2.84. The van der Waals surface area contributed by atoms with Crippen LogP contribution in [0.15, 0.2) is 28.8 Å². The number of aromatic nitrogens is 2. The summed E-state index contributed by atoms with van der Waals surface area (Å²) in [6, 6.07) is 7.37. The zero-order valence-corrected chi connectivity index (χ0v) is 12.8. The van der Waals surface area contributed by atoms with Crippen LogP contribution < -0.4 is 0 Å². The fourth-order valence-electron chi connectivity index (χ4n) is 2.87. The lowest BCUT2D eigenvalue weighted by molar-refractivity contribution is -0.143. The number of carbonyl (C=O) groups is 1. The quantitative estimate of drug-likeness (QED) is 0.872. The van der Waals surface area contributed by atoms with Crippen molar-refractivity contribution in [2.75, 3.05) is 13.1 Å². The smallest absolute Gasteiger partial charge is 0.233 e. The molecule has 2 fully saturated rings. The van der Waals surface area contributed by atoms with Gasteiger partial charge in [0.15, 0.2) is 0 Å². The van der Waals surface area contributed by atoms with Gasteiger partial charge in [-0.15, -0.1) is 0 Å². The first kappa shape index (κ1) is 13.8. The van der Waals surface area contributed by atoms with E-state index < -0.39 is 0 Å². The van der Waals surface area contributed by atoms with Gasteiger partial charge < -0.3 is 9.42 Å². The second-order valence-electron chi connectivity index (χ2n) is 6.03. The van der Waals surface area contributed by atoms with Crippen LogP contribution in [-0.4, -0.2) is 34.0 Å². The highest BCUT2D eigenvalue weighted by Crippen LogP contribution is 2.34. The maximum absolute atomic E-state index is 12.1. The first-order valence-electron chi connectivity index (χ1n) is 7.59. The minimum Gasteiger partial charge on any atom is -0.341 e. The lowest BCUT2D eigenvalue weighted by Gasteiger charge is -2.41. The van der Waals surface area contributed by atoms with E-state index in [0.717, 1.165) is 18.4 Å². The first-order valence-corrected chi connectivity index (χ1v) is 7.97. The van der Waals surface area contributed by atoms with Gasteiger partial charge in [0, 0.05) is 29.6 Å². The Labute approximate surface area is 133 Å². The summed E-state index contributed by atoms with van der Waals surface area (Å²) in [5.41, 5.74) is 0.837. The van der Waals surface area contributed by atoms with Crippen LogP contribution in [0.5, 0.6) is 0 Å². The molecule has 2 aliphatic rings. The second kappa shape index (κ2) is 5.39. The monoisotopic (exact) mass is 317 g/mol. The Balaban J connectivity index is 1.42. The number of hydrogen-bond acceptors (Lipinski definition) is 4. The predicted molar refractivity (Wildman–Crippen MR) is 81.4 cm³/mol. The van der Waals surface area contributed by atoms with E-state index in [4.69, 9.17) is 16.1 Å². The van der Waals surface area contributed by atoms with Crippen molar-refractivity contribution in [1.82, 2.24) is 15.0 Å². The van der Waals surface area contributed by atoms with Crippen LogP contribution >= 0.6 is 11.6 Å². The summed E-state index contributed by atoms with van der Waals surface area (Å²) in [6.45, 7) is 1.37. The van der Waals surface area contributed by atoms with Crippen molar-refractivity contribution in [1.29, 1.82) is 0 Å². The summed E-state index contributed by atoms with van der Waals surface area (Å²) in [5, 5.41) is 4.66. The lowest BCUT2D eigenvalue weighted by atomic mass is 9.83. The number of benzene rings is 1. The molecule has 1 aliphatic carbocycles. The van der Waals surface area contributed by atoms with E-state index in [2.05, 4.69) is 10.1 Å². The standard InChI is InChI=1S/C16H16ClN3O2/c17-13-6-2-5-11(7-13)14-18-15(22-19-14)12-8-20(9-12)16(21)10-3-1-4-10/h2,5-7,10,12H,1,3-4,8-9H2. The Morgan fingerprint density at radius 1 is 1.32 bits per heavy atom. The summed E-state index contributed by atoms with van der Waals surface area (Å²) in [5.74, 6) is 1.85. The maximum Gasteiger partial charge on any atom is 0.233 e. The molecule has 5 nitrogen and oxygen atoms in total. The molecule has 0 atom stereocenters. The largest absolute Gasteiger partial charge is 0.341 e. The SMILES string of the molecule is O=C(C1CCC1)N1CC(c2nc(-c3cccc(Cl)c3)no2)C1. The van der Waals surface area contributed by atoms with Crippen LogP contribution in [0.1, 0.15) is 31.1 Å². The molecule has 1 saturated heterocycles. The van der Waals surface area contributed by atoms with E-state index >= 15 is 0 Å². The highest BCUT2D eigenvalue weighted by molar-refractivity contribution is 6.30. The first-order chi connectivity index (χ1) is 10.7. The normalized spacial score (nSPS) is 18.9. The highest BCUT2D eigenvalue weighted by atomic mass is 35.5. The fraction of sp³-hybridized carbons (Fsp3) is 0.438. The van der Waals surface area contributed by atoms with Crippen molar-refractivity contribution in [3.05, 3.63) is 35.2 Å². The molecule has 4 rings (SSSR count). The molecule has 0 spiro atoms. The molecule has 2 aromatic rings. The number of halogens is 1. The molecule has 114 valence electrons. The van der Waals surface area contributed by atoms with Crippen LogP contribution in [0.2, 0.25) is 5.02 Å². The number of rotatable bonds is 3. The van der Waals surface area contributed by atoms with Crippen molar-refractivity contribution >= 4 is 17.5 Å². The van der Waals surface area contributed by atoms with Crippen molar-refractivity contribution in [2.24, 2.45) is 5.92 Å². The van der Waals surface area contributed by atoms with Gasteiger partial charge in [0.1, 0.15) is 0 Å². The van der Waals surface area contributed by atoms with Gasteiger partial charge in [0.25, 0.3) is 0 Å². The zero-order valence-electron chi connectivity index (χ0n) is 12.0. The van der Waals surface area contributed by atoms with Gasteiger partial charge >= 0.3 is 0 Å². The molecular weight excluding hydrogens is 302 g/mol. The van der Waals surface area contributed by atoms with Crippen LogP contribution in [-0.2, 0) is 4.79 Å². The summed E-state index contributed by atoms with van der Waals surface area (Å²) < 4.78 is 5.35. The highest BCUT2D eigenvalue weighted by Gasteiger charge is 2.39. The second-order valence-corrected chi connectivity index (χ2v) is 6.47. The van der Waals surface area contributed by atoms with Crippen molar-refractivity contribution in [3.63, 3.8) is 0 Å². The number of hydrogen-bond donors (Lipinski definition) is 0. The molecule has 1 aromatic carbocycles. The number of amides is 1. The van der Waals surface area contributed by atoms with E-state index in [9.17, 15) is 4.79 Å². The number of likely N-dealkylation sites (tertiary alicyclic amines) is 1. The fourth-order valence-corrected chi connectivity index (χ4v) is 3.06. The molecule has 0 radical (unpaired) electrons. The lowest BCUT2D eigenvalue weighted by Crippen LogP contribution is -2.51. The number of nitrogens with zero attached hydrogens (tertiary/aromatic N) is 3. The molecule has 1 saturated carbocycles. The van der Waals surface area contributed by atoms with Gasteiger partial charge in [-0.1, -0.05) is 35.3 Å². The van der Waals surface area contributed by atoms with Crippen molar-refractivity contribution in [2.45, 2.75) is 25.2 Å². The van der Waals surface area contributed by atoms with E-state index in [-0.39, 0.29) is 17.7 Å². The van der Waals surface area contributed by atoms with Gasteiger partial charge in [0.2, 0.25) is 17.6 Å². The van der Waals surface area contributed by atoms with Gasteiger partial charge in [-0.05, 0) is 25.0 Å². The molecule has 6 heteroatoms. The molecule has 0 N–H and O–H groups in total. The third-order valence-electron chi connectivity index (χ3n) is 4.52. The Kier molecular flexibility index (Phi) is 3.37. The van der Waals surface area contributed by atoms with Gasteiger partial charge in [-0.25, -0.2) is 0 Å². The summed E-state index contributed by atoms with van der Waals surface area (Å²) >= 11 is 5.98. The predicted octanol–water partition coefficient (Wildman–Crippen LogP) is 3.12. The number of carbonyl (C=O) groups excluding carboxylic acids is 1. The maximum atomic E-state index is 12.1. The molecule has 1 aromatic heterocycles. The Hall–Kier alpha value is -1.88. The molecule has 22 heavy (non-hydrogen) atoms. The van der Waals surface area contributed by atoms with Crippen LogP contribution in [0.25, 0.3) is 11.4 Å². The third-order valence-corrected chi connectivity index (χ3v) is 4.76. The van der Waals surface area contributed by atoms with E-state index in [1.807, 2.05) is 29.2 Å². The van der Waals surface area contributed by atoms with E-state index in [1.165, 1.54) is 6.42 Å².